The van der Waals surface area contributed by atoms with Crippen molar-refractivity contribution >= 4 is 42.1 Å². The van der Waals surface area contributed by atoms with E-state index in [0.29, 0.717) is 6.54 Å². The Bertz CT molecular complexity index is 344. The van der Waals surface area contributed by atoms with Crippen LogP contribution in [0.1, 0.15) is 24.5 Å². The van der Waals surface area contributed by atoms with Crippen LogP contribution in [-0.4, -0.2) is 16.9 Å². The van der Waals surface area contributed by atoms with Gasteiger partial charge in [-0.2, -0.15) is 0 Å². The SMILES string of the molecule is Cc1csc(CNC(=O)[C@H](N)C(C)C)n1.Cl.Cl. The minimum atomic E-state index is -0.439. The summed E-state index contributed by atoms with van der Waals surface area (Å²) >= 11 is 1.54. The fourth-order valence-corrected chi connectivity index (χ4v) is 1.78. The van der Waals surface area contributed by atoms with Gasteiger partial charge in [0.05, 0.1) is 12.6 Å². The molecule has 0 spiro atoms. The fourth-order valence-electron chi connectivity index (χ4n) is 1.07. The first-order valence-corrected chi connectivity index (χ1v) is 5.83. The summed E-state index contributed by atoms with van der Waals surface area (Å²) in [6.45, 7) is 6.26. The molecule has 0 unspecified atom stereocenters. The average molecular weight is 300 g/mol. The molecular weight excluding hydrogens is 281 g/mol. The predicted molar refractivity (Wildman–Crippen MR) is 76.0 cm³/mol. The lowest BCUT2D eigenvalue weighted by atomic mass is 10.1. The molecule has 0 aliphatic rings. The van der Waals surface area contributed by atoms with E-state index in [4.69, 9.17) is 5.73 Å². The summed E-state index contributed by atoms with van der Waals surface area (Å²) in [7, 11) is 0. The van der Waals surface area contributed by atoms with Crippen LogP contribution in [0.3, 0.4) is 0 Å². The summed E-state index contributed by atoms with van der Waals surface area (Å²) in [5.41, 5.74) is 6.68. The van der Waals surface area contributed by atoms with E-state index in [1.165, 1.54) is 0 Å². The molecule has 1 amide bonds. The number of rotatable bonds is 4. The van der Waals surface area contributed by atoms with Gasteiger partial charge in [0.1, 0.15) is 5.01 Å². The Kier molecular flexibility index (Phi) is 9.71. The quantitative estimate of drug-likeness (QED) is 0.892. The Hall–Kier alpha value is -0.360. The fraction of sp³-hybridized carbons (Fsp3) is 0.600. The van der Waals surface area contributed by atoms with Crippen LogP contribution >= 0.6 is 36.2 Å². The second-order valence-electron chi connectivity index (χ2n) is 3.87. The van der Waals surface area contributed by atoms with Crippen molar-refractivity contribution in [2.75, 3.05) is 0 Å². The van der Waals surface area contributed by atoms with Crippen molar-refractivity contribution in [3.8, 4) is 0 Å². The smallest absolute Gasteiger partial charge is 0.237 e. The third-order valence-electron chi connectivity index (χ3n) is 2.10. The molecule has 3 N–H and O–H groups in total. The van der Waals surface area contributed by atoms with Crippen molar-refractivity contribution in [1.29, 1.82) is 0 Å². The van der Waals surface area contributed by atoms with Gasteiger partial charge in [0.25, 0.3) is 0 Å². The van der Waals surface area contributed by atoms with Gasteiger partial charge in [0.15, 0.2) is 0 Å². The van der Waals surface area contributed by atoms with Gasteiger partial charge in [0, 0.05) is 11.1 Å². The molecular formula is C10H19Cl2N3OS. The molecule has 1 atom stereocenters. The number of amides is 1. The van der Waals surface area contributed by atoms with E-state index >= 15 is 0 Å². The zero-order valence-corrected chi connectivity index (χ0v) is 12.5. The van der Waals surface area contributed by atoms with E-state index in [1.54, 1.807) is 11.3 Å². The first kappa shape index (κ1) is 19.0. The molecule has 0 aromatic carbocycles. The van der Waals surface area contributed by atoms with Crippen LogP contribution in [0.2, 0.25) is 0 Å². The van der Waals surface area contributed by atoms with E-state index in [9.17, 15) is 4.79 Å². The van der Waals surface area contributed by atoms with E-state index in [1.807, 2.05) is 26.2 Å². The van der Waals surface area contributed by atoms with Gasteiger partial charge in [-0.3, -0.25) is 4.79 Å². The minimum absolute atomic E-state index is 0. The maximum Gasteiger partial charge on any atom is 0.237 e. The van der Waals surface area contributed by atoms with Crippen molar-refractivity contribution in [1.82, 2.24) is 10.3 Å². The summed E-state index contributed by atoms with van der Waals surface area (Å²) in [6, 6.07) is -0.439. The normalized spacial score (nSPS) is 11.4. The number of aryl methyl sites for hydroxylation is 1. The highest BCUT2D eigenvalue weighted by molar-refractivity contribution is 7.09. The molecule has 0 bridgehead atoms. The van der Waals surface area contributed by atoms with E-state index in [2.05, 4.69) is 10.3 Å². The number of hydrogen-bond acceptors (Lipinski definition) is 4. The Morgan fingerprint density at radius 2 is 2.12 bits per heavy atom. The van der Waals surface area contributed by atoms with E-state index in [-0.39, 0.29) is 36.6 Å². The van der Waals surface area contributed by atoms with Crippen molar-refractivity contribution in [2.24, 2.45) is 11.7 Å². The van der Waals surface area contributed by atoms with E-state index in [0.717, 1.165) is 10.7 Å². The highest BCUT2D eigenvalue weighted by Crippen LogP contribution is 2.08. The topological polar surface area (TPSA) is 68.0 Å². The van der Waals surface area contributed by atoms with Crippen molar-refractivity contribution in [3.05, 3.63) is 16.1 Å². The number of carbonyl (C=O) groups is 1. The third-order valence-corrected chi connectivity index (χ3v) is 3.07. The number of thiazole rings is 1. The molecule has 0 aliphatic heterocycles. The molecule has 1 rings (SSSR count). The number of nitrogens with one attached hydrogen (secondary N) is 1. The second-order valence-corrected chi connectivity index (χ2v) is 4.81. The first-order chi connectivity index (χ1) is 7.00. The molecule has 0 aliphatic carbocycles. The van der Waals surface area contributed by atoms with Crippen LogP contribution in [0.4, 0.5) is 0 Å². The number of halogens is 2. The first-order valence-electron chi connectivity index (χ1n) is 4.95. The van der Waals surface area contributed by atoms with Gasteiger partial charge in [0.2, 0.25) is 5.91 Å². The maximum atomic E-state index is 11.5. The Balaban J connectivity index is 0. The van der Waals surface area contributed by atoms with Crippen LogP contribution < -0.4 is 11.1 Å². The molecule has 1 heterocycles. The second kappa shape index (κ2) is 8.69. The molecule has 1 aromatic rings. The van der Waals surface area contributed by atoms with Crippen molar-refractivity contribution in [3.63, 3.8) is 0 Å². The monoisotopic (exact) mass is 299 g/mol. The largest absolute Gasteiger partial charge is 0.348 e. The average Bonchev–Trinajstić information content (AvgIpc) is 2.59. The maximum absolute atomic E-state index is 11.5. The molecule has 100 valence electrons. The summed E-state index contributed by atoms with van der Waals surface area (Å²) in [5, 5.41) is 5.65. The molecule has 0 fully saturated rings. The number of nitrogens with zero attached hydrogens (tertiary/aromatic N) is 1. The molecule has 1 aromatic heterocycles. The van der Waals surface area contributed by atoms with Gasteiger partial charge in [-0.05, 0) is 12.8 Å². The summed E-state index contributed by atoms with van der Waals surface area (Å²) in [4.78, 5) is 15.8. The summed E-state index contributed by atoms with van der Waals surface area (Å²) < 4.78 is 0. The molecule has 0 saturated carbocycles. The van der Waals surface area contributed by atoms with Gasteiger partial charge in [-0.25, -0.2) is 4.98 Å². The zero-order valence-electron chi connectivity index (χ0n) is 10.1. The highest BCUT2D eigenvalue weighted by atomic mass is 35.5. The number of nitrogens with two attached hydrogens (primary N) is 1. The molecule has 4 nitrogen and oxygen atoms in total. The lowest BCUT2D eigenvalue weighted by Gasteiger charge is -2.14. The van der Waals surface area contributed by atoms with Gasteiger partial charge in [-0.15, -0.1) is 36.2 Å². The number of carbonyl (C=O) groups excluding carboxylic acids is 1. The van der Waals surface area contributed by atoms with Crippen LogP contribution in [0.5, 0.6) is 0 Å². The zero-order chi connectivity index (χ0) is 11.4. The third kappa shape index (κ3) is 6.21. The lowest BCUT2D eigenvalue weighted by molar-refractivity contribution is -0.123. The van der Waals surface area contributed by atoms with Crippen molar-refractivity contribution in [2.45, 2.75) is 33.4 Å². The van der Waals surface area contributed by atoms with E-state index < -0.39 is 6.04 Å². The molecule has 0 saturated heterocycles. The van der Waals surface area contributed by atoms with Crippen molar-refractivity contribution < 1.29 is 4.79 Å². The standard InChI is InChI=1S/C10H17N3OS.2ClH/c1-6(2)9(11)10(14)12-4-8-13-7(3)5-15-8;;/h5-6,9H,4,11H2,1-3H3,(H,12,14);2*1H/t9-;;/m1../s1. The Morgan fingerprint density at radius 3 is 2.53 bits per heavy atom. The summed E-state index contributed by atoms with van der Waals surface area (Å²) in [6.07, 6.45) is 0. The number of aromatic nitrogens is 1. The predicted octanol–water partition coefficient (Wildman–Crippen LogP) is 1.89. The van der Waals surface area contributed by atoms with Crippen LogP contribution in [-0.2, 0) is 11.3 Å². The van der Waals surface area contributed by atoms with Crippen LogP contribution in [0.15, 0.2) is 5.38 Å². The molecule has 17 heavy (non-hydrogen) atoms. The Morgan fingerprint density at radius 1 is 1.53 bits per heavy atom. The van der Waals surface area contributed by atoms with Crippen LogP contribution in [0, 0.1) is 12.8 Å². The minimum Gasteiger partial charge on any atom is -0.348 e. The summed E-state index contributed by atoms with van der Waals surface area (Å²) in [5.74, 6) is 0.0425. The number of hydrogen-bond donors (Lipinski definition) is 2. The molecule has 7 heteroatoms. The van der Waals surface area contributed by atoms with Crippen LogP contribution in [0.25, 0.3) is 0 Å². The van der Waals surface area contributed by atoms with Gasteiger partial charge in [-0.1, -0.05) is 13.8 Å². The van der Waals surface area contributed by atoms with Gasteiger partial charge >= 0.3 is 0 Å². The molecule has 0 radical (unpaired) electrons. The van der Waals surface area contributed by atoms with Gasteiger partial charge < -0.3 is 11.1 Å². The Labute approximate surface area is 118 Å². The highest BCUT2D eigenvalue weighted by Gasteiger charge is 2.16. The lowest BCUT2D eigenvalue weighted by Crippen LogP contribution is -2.43.